The van der Waals surface area contributed by atoms with E-state index in [0.717, 1.165) is 31.0 Å². The number of anilines is 2. The minimum absolute atomic E-state index is 0.400. The number of nitrogens with one attached hydrogen (secondary N) is 2. The summed E-state index contributed by atoms with van der Waals surface area (Å²) in [6, 6.07) is 0. The fourth-order valence-corrected chi connectivity index (χ4v) is 2.00. The molecule has 4 N–H and O–H groups in total. The van der Waals surface area contributed by atoms with Crippen LogP contribution in [-0.4, -0.2) is 29.2 Å². The lowest BCUT2D eigenvalue weighted by atomic mass is 10.2. The van der Waals surface area contributed by atoms with E-state index in [2.05, 4.69) is 20.7 Å². The van der Waals surface area contributed by atoms with Crippen molar-refractivity contribution in [1.82, 2.24) is 9.97 Å². The van der Waals surface area contributed by atoms with Gasteiger partial charge < -0.3 is 15.5 Å². The molecule has 1 saturated heterocycles. The molecule has 2 heterocycles. The van der Waals surface area contributed by atoms with Gasteiger partial charge in [-0.2, -0.15) is 0 Å². The topological polar surface area (TPSA) is 85.1 Å². The van der Waals surface area contributed by atoms with E-state index in [-0.39, 0.29) is 0 Å². The Kier molecular flexibility index (Phi) is 4.11. The molecule has 1 fully saturated rings. The van der Waals surface area contributed by atoms with E-state index in [4.69, 9.17) is 10.6 Å². The largest absolute Gasteiger partial charge is 0.378 e. The van der Waals surface area contributed by atoms with Crippen molar-refractivity contribution in [2.24, 2.45) is 5.84 Å². The Bertz CT molecular complexity index is 365. The molecule has 1 aliphatic rings. The Morgan fingerprint density at radius 2 is 2.29 bits per heavy atom. The van der Waals surface area contributed by atoms with Crippen molar-refractivity contribution < 1.29 is 4.74 Å². The number of ether oxygens (including phenoxy) is 1. The van der Waals surface area contributed by atoms with E-state index in [1.807, 2.05) is 6.92 Å². The van der Waals surface area contributed by atoms with Crippen molar-refractivity contribution in [3.8, 4) is 0 Å². The highest BCUT2D eigenvalue weighted by molar-refractivity contribution is 5.55. The standard InChI is InChI=1S/C11H19N5O/c1-8-10(14-7-15-11(8)16-12)13-5-4-9-3-2-6-17-9/h7,9H,2-6,12H2,1H3,(H2,13,14,15,16). The lowest BCUT2D eigenvalue weighted by Crippen LogP contribution is -2.15. The monoisotopic (exact) mass is 237 g/mol. The SMILES string of the molecule is Cc1c(NN)ncnc1NCCC1CCCO1. The quantitative estimate of drug-likeness (QED) is 0.524. The van der Waals surface area contributed by atoms with E-state index >= 15 is 0 Å². The van der Waals surface area contributed by atoms with Crippen molar-refractivity contribution in [3.63, 3.8) is 0 Å². The summed E-state index contributed by atoms with van der Waals surface area (Å²) in [6.45, 7) is 3.69. The molecule has 1 aromatic heterocycles. The van der Waals surface area contributed by atoms with E-state index in [1.54, 1.807) is 0 Å². The first-order chi connectivity index (χ1) is 8.31. The van der Waals surface area contributed by atoms with Gasteiger partial charge in [0.15, 0.2) is 0 Å². The molecule has 0 saturated carbocycles. The smallest absolute Gasteiger partial charge is 0.148 e. The van der Waals surface area contributed by atoms with Crippen LogP contribution in [0.25, 0.3) is 0 Å². The maximum Gasteiger partial charge on any atom is 0.148 e. The zero-order valence-electron chi connectivity index (χ0n) is 10.1. The van der Waals surface area contributed by atoms with Crippen LogP contribution in [0.5, 0.6) is 0 Å². The van der Waals surface area contributed by atoms with Crippen LogP contribution in [0.4, 0.5) is 11.6 Å². The van der Waals surface area contributed by atoms with Gasteiger partial charge in [0.1, 0.15) is 18.0 Å². The van der Waals surface area contributed by atoms with Crippen LogP contribution in [0.1, 0.15) is 24.8 Å². The number of hydrogen-bond donors (Lipinski definition) is 3. The number of rotatable bonds is 5. The van der Waals surface area contributed by atoms with Gasteiger partial charge in [0.05, 0.1) is 6.10 Å². The first kappa shape index (κ1) is 12.1. The highest BCUT2D eigenvalue weighted by Gasteiger charge is 2.15. The minimum Gasteiger partial charge on any atom is -0.378 e. The van der Waals surface area contributed by atoms with Gasteiger partial charge in [0.2, 0.25) is 0 Å². The highest BCUT2D eigenvalue weighted by Crippen LogP contribution is 2.18. The van der Waals surface area contributed by atoms with Crippen molar-refractivity contribution in [2.45, 2.75) is 32.3 Å². The summed E-state index contributed by atoms with van der Waals surface area (Å²) < 4.78 is 5.56. The summed E-state index contributed by atoms with van der Waals surface area (Å²) in [4.78, 5) is 8.22. The number of aromatic nitrogens is 2. The average Bonchev–Trinajstić information content (AvgIpc) is 2.84. The van der Waals surface area contributed by atoms with E-state index in [9.17, 15) is 0 Å². The summed E-state index contributed by atoms with van der Waals surface area (Å²) in [5.41, 5.74) is 3.48. The third kappa shape index (κ3) is 3.04. The molecule has 1 aromatic rings. The first-order valence-electron chi connectivity index (χ1n) is 5.95. The van der Waals surface area contributed by atoms with Crippen molar-refractivity contribution in [1.29, 1.82) is 0 Å². The molecule has 1 unspecified atom stereocenters. The molecule has 17 heavy (non-hydrogen) atoms. The van der Waals surface area contributed by atoms with Crippen LogP contribution in [0.3, 0.4) is 0 Å². The number of nitrogens with zero attached hydrogens (tertiary/aromatic N) is 2. The first-order valence-corrected chi connectivity index (χ1v) is 5.95. The zero-order valence-corrected chi connectivity index (χ0v) is 10.1. The van der Waals surface area contributed by atoms with Gasteiger partial charge in [-0.3, -0.25) is 0 Å². The Morgan fingerprint density at radius 3 is 3.00 bits per heavy atom. The van der Waals surface area contributed by atoms with Crippen LogP contribution in [0.15, 0.2) is 6.33 Å². The van der Waals surface area contributed by atoms with Gasteiger partial charge in [0.25, 0.3) is 0 Å². The second kappa shape index (κ2) is 5.79. The van der Waals surface area contributed by atoms with Crippen LogP contribution in [0, 0.1) is 6.92 Å². The maximum atomic E-state index is 5.56. The average molecular weight is 237 g/mol. The predicted molar refractivity (Wildman–Crippen MR) is 66.7 cm³/mol. The molecule has 0 amide bonds. The Morgan fingerprint density at radius 1 is 1.47 bits per heavy atom. The molecule has 1 aliphatic heterocycles. The van der Waals surface area contributed by atoms with Crippen LogP contribution >= 0.6 is 0 Å². The number of nitrogen functional groups attached to an aromatic ring is 1. The summed E-state index contributed by atoms with van der Waals surface area (Å²) in [7, 11) is 0. The second-order valence-corrected chi connectivity index (χ2v) is 4.19. The number of hydrazine groups is 1. The minimum atomic E-state index is 0.400. The molecule has 6 nitrogen and oxygen atoms in total. The van der Waals surface area contributed by atoms with Crippen molar-refractivity contribution >= 4 is 11.6 Å². The molecule has 0 bridgehead atoms. The molecule has 0 spiro atoms. The van der Waals surface area contributed by atoms with Crippen LogP contribution in [0.2, 0.25) is 0 Å². The Balaban J connectivity index is 1.85. The predicted octanol–water partition coefficient (Wildman–Crippen LogP) is 1.05. The van der Waals surface area contributed by atoms with E-state index in [0.29, 0.717) is 11.9 Å². The molecule has 0 radical (unpaired) electrons. The third-order valence-electron chi connectivity index (χ3n) is 3.00. The van der Waals surface area contributed by atoms with Gasteiger partial charge in [-0.05, 0) is 26.2 Å². The number of hydrogen-bond acceptors (Lipinski definition) is 6. The van der Waals surface area contributed by atoms with Gasteiger partial charge >= 0.3 is 0 Å². The summed E-state index contributed by atoms with van der Waals surface area (Å²) >= 11 is 0. The van der Waals surface area contributed by atoms with E-state index < -0.39 is 0 Å². The van der Waals surface area contributed by atoms with Crippen molar-refractivity contribution in [3.05, 3.63) is 11.9 Å². The molecule has 1 atom stereocenters. The van der Waals surface area contributed by atoms with Gasteiger partial charge in [0, 0.05) is 18.7 Å². The molecular formula is C11H19N5O. The van der Waals surface area contributed by atoms with Gasteiger partial charge in [-0.15, -0.1) is 0 Å². The Hall–Kier alpha value is -1.40. The Labute approximate surface area is 101 Å². The number of nitrogens with two attached hydrogens (primary N) is 1. The molecule has 6 heteroatoms. The second-order valence-electron chi connectivity index (χ2n) is 4.19. The summed E-state index contributed by atoms with van der Waals surface area (Å²) in [5, 5.41) is 3.29. The van der Waals surface area contributed by atoms with E-state index in [1.165, 1.54) is 19.2 Å². The highest BCUT2D eigenvalue weighted by atomic mass is 16.5. The third-order valence-corrected chi connectivity index (χ3v) is 3.00. The molecular weight excluding hydrogens is 218 g/mol. The maximum absolute atomic E-state index is 5.56. The molecule has 94 valence electrons. The van der Waals surface area contributed by atoms with Gasteiger partial charge in [-0.25, -0.2) is 15.8 Å². The van der Waals surface area contributed by atoms with Crippen molar-refractivity contribution in [2.75, 3.05) is 23.9 Å². The molecule has 0 aliphatic carbocycles. The summed E-state index contributed by atoms with van der Waals surface area (Å²) in [6.07, 6.45) is 5.25. The lowest BCUT2D eigenvalue weighted by Gasteiger charge is -2.13. The summed E-state index contributed by atoms with van der Waals surface area (Å²) in [5.74, 6) is 6.84. The molecule has 2 rings (SSSR count). The molecule has 0 aromatic carbocycles. The zero-order chi connectivity index (χ0) is 12.1. The van der Waals surface area contributed by atoms with Gasteiger partial charge in [-0.1, -0.05) is 0 Å². The lowest BCUT2D eigenvalue weighted by molar-refractivity contribution is 0.107. The normalized spacial score (nSPS) is 19.3. The fourth-order valence-electron chi connectivity index (χ4n) is 2.00. The van der Waals surface area contributed by atoms with Crippen LogP contribution in [-0.2, 0) is 4.74 Å². The fraction of sp³-hybridized carbons (Fsp3) is 0.636. The van der Waals surface area contributed by atoms with Crippen LogP contribution < -0.4 is 16.6 Å².